The molecule has 0 aliphatic carbocycles. The average Bonchev–Trinajstić information content (AvgIpc) is 2.65. The number of carbonyl (C=O) groups is 1. The van der Waals surface area contributed by atoms with E-state index in [1.54, 1.807) is 30.3 Å². The summed E-state index contributed by atoms with van der Waals surface area (Å²) < 4.78 is 0. The van der Waals surface area contributed by atoms with Crippen LogP contribution in [0.4, 0.5) is 11.4 Å². The van der Waals surface area contributed by atoms with Crippen LogP contribution in [0.1, 0.15) is 63.6 Å². The van der Waals surface area contributed by atoms with Crippen molar-refractivity contribution in [2.24, 2.45) is 0 Å². The van der Waals surface area contributed by atoms with Gasteiger partial charge < -0.3 is 10.2 Å². The van der Waals surface area contributed by atoms with Crippen molar-refractivity contribution in [2.45, 2.75) is 65.5 Å². The van der Waals surface area contributed by atoms with Gasteiger partial charge in [-0.25, -0.2) is 0 Å². The lowest BCUT2D eigenvalue weighted by Crippen LogP contribution is -2.51. The van der Waals surface area contributed by atoms with E-state index < -0.39 is 5.91 Å². The number of nitrogens with zero attached hydrogens (tertiary/aromatic N) is 2. The number of nitrogens with one attached hydrogen (secondary N) is 1. The van der Waals surface area contributed by atoms with Gasteiger partial charge >= 0.3 is 0 Å². The molecule has 1 atom stereocenters. The largest absolute Gasteiger partial charge is 0.364 e. The van der Waals surface area contributed by atoms with E-state index in [0.717, 1.165) is 17.5 Å². The van der Waals surface area contributed by atoms with E-state index >= 15 is 0 Å². The van der Waals surface area contributed by atoms with E-state index in [9.17, 15) is 10.1 Å². The second-order valence-electron chi connectivity index (χ2n) is 9.28. The minimum atomic E-state index is -0.445. The zero-order chi connectivity index (χ0) is 22.9. The van der Waals surface area contributed by atoms with E-state index in [1.807, 2.05) is 13.0 Å². The molecule has 0 unspecified atom stereocenters. The normalized spacial score (nSPS) is 17.8. The van der Waals surface area contributed by atoms with Gasteiger partial charge in [-0.15, -0.1) is 0 Å². The van der Waals surface area contributed by atoms with Crippen LogP contribution in [0.5, 0.6) is 0 Å². The number of anilines is 2. The highest BCUT2D eigenvalue weighted by Crippen LogP contribution is 2.45. The number of rotatable bonds is 4. The lowest BCUT2D eigenvalue weighted by molar-refractivity contribution is -0.112. The second kappa shape index (κ2) is 8.77. The second-order valence-corrected chi connectivity index (χ2v) is 9.72. The Kier molecular flexibility index (Phi) is 6.48. The van der Waals surface area contributed by atoms with Gasteiger partial charge in [0.15, 0.2) is 0 Å². The summed E-state index contributed by atoms with van der Waals surface area (Å²) in [5, 5.41) is 12.9. The van der Waals surface area contributed by atoms with Crippen molar-refractivity contribution in [1.29, 1.82) is 5.26 Å². The van der Waals surface area contributed by atoms with Crippen LogP contribution in [0, 0.1) is 18.3 Å². The number of halogens is 1. The quantitative estimate of drug-likeness (QED) is 0.429. The molecule has 0 saturated heterocycles. The molecule has 4 nitrogen and oxygen atoms in total. The van der Waals surface area contributed by atoms with Crippen LogP contribution in [0.2, 0.25) is 5.02 Å². The predicted molar refractivity (Wildman–Crippen MR) is 130 cm³/mol. The summed E-state index contributed by atoms with van der Waals surface area (Å²) in [7, 11) is 0. The summed E-state index contributed by atoms with van der Waals surface area (Å²) in [4.78, 5) is 15.2. The summed E-state index contributed by atoms with van der Waals surface area (Å²) in [6, 6.07) is 13.7. The standard InChI is InChI=1S/C26H30ClN3O/c1-16(2)30-24-10-17(3)19(12-23(24)18(4)14-26(30,5)6)11-20(15-28)25(31)29-22-9-7-8-21(27)13-22/h7-13,16,18H,14H2,1-6H3,(H,29,31)/b20-11-/t18-/m1/s1. The highest BCUT2D eigenvalue weighted by Gasteiger charge is 2.37. The molecule has 1 aliphatic rings. The summed E-state index contributed by atoms with van der Waals surface area (Å²) in [6.07, 6.45) is 2.73. The zero-order valence-corrected chi connectivity index (χ0v) is 19.8. The molecular formula is C26H30ClN3O. The molecule has 3 rings (SSSR count). The first-order valence-electron chi connectivity index (χ1n) is 10.7. The highest BCUT2D eigenvalue weighted by molar-refractivity contribution is 6.31. The molecule has 1 heterocycles. The Morgan fingerprint density at radius 3 is 2.65 bits per heavy atom. The topological polar surface area (TPSA) is 56.1 Å². The van der Waals surface area contributed by atoms with Crippen LogP contribution < -0.4 is 10.2 Å². The number of aryl methyl sites for hydroxylation is 1. The molecule has 0 aromatic heterocycles. The summed E-state index contributed by atoms with van der Waals surface area (Å²) in [6.45, 7) is 13.3. The minimum absolute atomic E-state index is 0.0625. The molecule has 1 amide bonds. The third-order valence-electron chi connectivity index (χ3n) is 5.93. The van der Waals surface area contributed by atoms with Crippen LogP contribution in [-0.2, 0) is 4.79 Å². The fourth-order valence-electron chi connectivity index (χ4n) is 4.82. The number of fused-ring (bicyclic) bond motifs is 1. The van der Waals surface area contributed by atoms with Gasteiger partial charge in [0.05, 0.1) is 0 Å². The smallest absolute Gasteiger partial charge is 0.266 e. The van der Waals surface area contributed by atoms with E-state index in [1.165, 1.54) is 11.3 Å². The maximum absolute atomic E-state index is 12.7. The van der Waals surface area contributed by atoms with Crippen LogP contribution in [0.3, 0.4) is 0 Å². The molecule has 2 aromatic rings. The Hall–Kier alpha value is -2.77. The molecule has 31 heavy (non-hydrogen) atoms. The van der Waals surface area contributed by atoms with Crippen molar-refractivity contribution in [3.05, 3.63) is 63.7 Å². The lowest BCUT2D eigenvalue weighted by atomic mass is 9.78. The van der Waals surface area contributed by atoms with Crippen LogP contribution in [0.15, 0.2) is 42.0 Å². The van der Waals surface area contributed by atoms with Gasteiger partial charge in [0.1, 0.15) is 11.6 Å². The Morgan fingerprint density at radius 2 is 2.03 bits per heavy atom. The number of carbonyl (C=O) groups excluding carboxylic acids is 1. The Bertz CT molecular complexity index is 1080. The van der Waals surface area contributed by atoms with Gasteiger partial charge in [0, 0.05) is 28.0 Å². The number of hydrogen-bond donors (Lipinski definition) is 1. The highest BCUT2D eigenvalue weighted by atomic mass is 35.5. The van der Waals surface area contributed by atoms with E-state index in [2.05, 4.69) is 57.0 Å². The van der Waals surface area contributed by atoms with Crippen molar-refractivity contribution in [1.82, 2.24) is 0 Å². The van der Waals surface area contributed by atoms with Crippen molar-refractivity contribution in [2.75, 3.05) is 10.2 Å². The fraction of sp³-hybridized carbons (Fsp3) is 0.385. The van der Waals surface area contributed by atoms with Crippen molar-refractivity contribution in [3.8, 4) is 6.07 Å². The molecule has 0 radical (unpaired) electrons. The van der Waals surface area contributed by atoms with Gasteiger partial charge in [-0.05, 0) is 100 Å². The van der Waals surface area contributed by atoms with Gasteiger partial charge in [0.25, 0.3) is 5.91 Å². The van der Waals surface area contributed by atoms with Crippen molar-refractivity contribution in [3.63, 3.8) is 0 Å². The molecule has 162 valence electrons. The maximum atomic E-state index is 12.7. The number of nitriles is 1. The summed E-state index contributed by atoms with van der Waals surface area (Å²) in [5.74, 6) is -0.0570. The molecule has 5 heteroatoms. The van der Waals surface area contributed by atoms with Crippen molar-refractivity contribution >= 4 is 35.0 Å². The Balaban J connectivity index is 1.99. The monoisotopic (exact) mass is 435 g/mol. The Labute approximate surface area is 190 Å². The minimum Gasteiger partial charge on any atom is -0.364 e. The first-order chi connectivity index (χ1) is 14.5. The fourth-order valence-corrected chi connectivity index (χ4v) is 5.01. The van der Waals surface area contributed by atoms with E-state index in [0.29, 0.717) is 22.7 Å². The maximum Gasteiger partial charge on any atom is 0.266 e. The molecule has 2 aromatic carbocycles. The zero-order valence-electron chi connectivity index (χ0n) is 19.1. The number of hydrogen-bond acceptors (Lipinski definition) is 3. The third-order valence-corrected chi connectivity index (χ3v) is 6.16. The molecular weight excluding hydrogens is 406 g/mol. The molecule has 1 N–H and O–H groups in total. The molecule has 1 aliphatic heterocycles. The molecule has 0 spiro atoms. The average molecular weight is 436 g/mol. The van der Waals surface area contributed by atoms with Crippen LogP contribution in [0.25, 0.3) is 6.08 Å². The van der Waals surface area contributed by atoms with Crippen LogP contribution in [-0.4, -0.2) is 17.5 Å². The van der Waals surface area contributed by atoms with Gasteiger partial charge in [0.2, 0.25) is 0 Å². The van der Waals surface area contributed by atoms with Gasteiger partial charge in [-0.3, -0.25) is 4.79 Å². The number of benzene rings is 2. The first kappa shape index (κ1) is 22.9. The number of amides is 1. The van der Waals surface area contributed by atoms with E-state index in [-0.39, 0.29) is 11.1 Å². The summed E-state index contributed by atoms with van der Waals surface area (Å²) >= 11 is 5.99. The van der Waals surface area contributed by atoms with Gasteiger partial charge in [-0.1, -0.05) is 24.6 Å². The summed E-state index contributed by atoms with van der Waals surface area (Å²) in [5.41, 5.74) is 5.13. The predicted octanol–water partition coefficient (Wildman–Crippen LogP) is 6.69. The molecule has 0 bridgehead atoms. The Morgan fingerprint density at radius 1 is 1.32 bits per heavy atom. The van der Waals surface area contributed by atoms with E-state index in [4.69, 9.17) is 11.6 Å². The lowest BCUT2D eigenvalue weighted by Gasteiger charge is -2.50. The molecule has 0 saturated carbocycles. The molecule has 0 fully saturated rings. The van der Waals surface area contributed by atoms with Crippen LogP contribution >= 0.6 is 11.6 Å². The SMILES string of the molecule is Cc1cc2c(cc1/C=C(/C#N)C(=O)Nc1cccc(Cl)c1)[C@H](C)CC(C)(C)N2C(C)C. The van der Waals surface area contributed by atoms with Crippen molar-refractivity contribution < 1.29 is 4.79 Å². The first-order valence-corrected chi connectivity index (χ1v) is 11.0. The third kappa shape index (κ3) is 4.78. The van der Waals surface area contributed by atoms with Gasteiger partial charge in [-0.2, -0.15) is 5.26 Å².